The number of hydrogen-bond donors (Lipinski definition) is 0. The predicted octanol–water partition coefficient (Wildman–Crippen LogP) is 4.96. The average molecular weight is 570 g/mol. The van der Waals surface area contributed by atoms with Crippen LogP contribution >= 0.6 is 27.7 Å². The molecular weight excluding hydrogens is 546 g/mol. The lowest BCUT2D eigenvalue weighted by atomic mass is 10.1. The molecule has 0 atom stereocenters. The van der Waals surface area contributed by atoms with Gasteiger partial charge in [-0.2, -0.15) is 5.26 Å². The van der Waals surface area contributed by atoms with Crippen molar-refractivity contribution in [2.75, 3.05) is 26.7 Å². The quantitative estimate of drug-likeness (QED) is 0.434. The molecule has 0 radical (unpaired) electrons. The van der Waals surface area contributed by atoms with Gasteiger partial charge in [-0.1, -0.05) is 34.1 Å². The average Bonchev–Trinajstić information content (AvgIpc) is 3.16. The molecule has 2 aliphatic heterocycles. The van der Waals surface area contributed by atoms with E-state index in [4.69, 9.17) is 9.47 Å². The standard InChI is InChI=1S/C26H24BrN3O5S/c1-34-21-11-19(20(27)13-22(21)35-16-18-8-4-3-7-17(18)14-28)12-23-25(32)30(26(33)36-23)15-24(31)29-9-5-2-6-10-29/h3-4,7-8,11-13H,2,5-6,9-10,15-16H2,1H3/b23-12-. The van der Waals surface area contributed by atoms with Crippen molar-refractivity contribution in [3.8, 4) is 17.6 Å². The highest BCUT2D eigenvalue weighted by molar-refractivity contribution is 9.10. The third-order valence-electron chi connectivity index (χ3n) is 5.97. The van der Waals surface area contributed by atoms with Crippen LogP contribution in [-0.4, -0.2) is 53.6 Å². The number of piperidine rings is 1. The first-order chi connectivity index (χ1) is 17.4. The molecule has 4 rings (SSSR count). The summed E-state index contributed by atoms with van der Waals surface area (Å²) < 4.78 is 12.0. The summed E-state index contributed by atoms with van der Waals surface area (Å²) in [6.07, 6.45) is 4.56. The lowest BCUT2D eigenvalue weighted by Crippen LogP contribution is -2.44. The molecule has 0 spiro atoms. The SMILES string of the molecule is COc1cc(/C=C2\SC(=O)N(CC(=O)N3CCCCC3)C2=O)c(Br)cc1OCc1ccccc1C#N. The van der Waals surface area contributed by atoms with E-state index in [1.165, 1.54) is 7.11 Å². The Morgan fingerprint density at radius 2 is 1.92 bits per heavy atom. The van der Waals surface area contributed by atoms with Gasteiger partial charge in [0.15, 0.2) is 11.5 Å². The van der Waals surface area contributed by atoms with Gasteiger partial charge in [0, 0.05) is 23.1 Å². The third-order valence-corrected chi connectivity index (χ3v) is 7.56. The lowest BCUT2D eigenvalue weighted by Gasteiger charge is -2.27. The van der Waals surface area contributed by atoms with Gasteiger partial charge in [-0.3, -0.25) is 19.3 Å². The summed E-state index contributed by atoms with van der Waals surface area (Å²) in [4.78, 5) is 41.0. The second kappa shape index (κ2) is 11.6. The fraction of sp³-hybridized carbons (Fsp3) is 0.308. The van der Waals surface area contributed by atoms with Gasteiger partial charge in [0.2, 0.25) is 5.91 Å². The number of likely N-dealkylation sites (tertiary alicyclic amines) is 1. The Morgan fingerprint density at radius 1 is 1.17 bits per heavy atom. The van der Waals surface area contributed by atoms with Crippen molar-refractivity contribution in [3.63, 3.8) is 0 Å². The number of ether oxygens (including phenoxy) is 2. The fourth-order valence-corrected chi connectivity index (χ4v) is 5.27. The monoisotopic (exact) mass is 569 g/mol. The van der Waals surface area contributed by atoms with Crippen LogP contribution in [0.15, 0.2) is 45.8 Å². The highest BCUT2D eigenvalue weighted by Crippen LogP contribution is 2.38. The Labute approximate surface area is 222 Å². The summed E-state index contributed by atoms with van der Waals surface area (Å²) in [7, 11) is 1.50. The Balaban J connectivity index is 1.50. The minimum Gasteiger partial charge on any atom is -0.493 e. The lowest BCUT2D eigenvalue weighted by molar-refractivity contribution is -0.136. The number of amides is 3. The van der Waals surface area contributed by atoms with Crippen LogP contribution in [0.4, 0.5) is 4.79 Å². The number of methoxy groups -OCH3 is 1. The Hall–Kier alpha value is -3.29. The summed E-state index contributed by atoms with van der Waals surface area (Å²) >= 11 is 4.31. The largest absolute Gasteiger partial charge is 0.493 e. The summed E-state index contributed by atoms with van der Waals surface area (Å²) in [6, 6.07) is 12.7. The molecule has 36 heavy (non-hydrogen) atoms. The molecule has 2 fully saturated rings. The van der Waals surface area contributed by atoms with E-state index in [9.17, 15) is 19.6 Å². The van der Waals surface area contributed by atoms with Crippen molar-refractivity contribution in [1.82, 2.24) is 9.80 Å². The number of thioether (sulfide) groups is 1. The molecule has 2 aromatic carbocycles. The topological polar surface area (TPSA) is 99.9 Å². The second-order valence-corrected chi connectivity index (χ2v) is 10.1. The second-order valence-electron chi connectivity index (χ2n) is 8.29. The molecule has 0 aliphatic carbocycles. The van der Waals surface area contributed by atoms with Gasteiger partial charge >= 0.3 is 0 Å². The molecule has 8 nitrogen and oxygen atoms in total. The zero-order valence-electron chi connectivity index (χ0n) is 19.7. The molecule has 2 aromatic rings. The molecule has 0 unspecified atom stereocenters. The Kier molecular flexibility index (Phi) is 8.33. The molecule has 2 saturated heterocycles. The zero-order valence-corrected chi connectivity index (χ0v) is 22.1. The maximum Gasteiger partial charge on any atom is 0.294 e. The fourth-order valence-electron chi connectivity index (χ4n) is 4.00. The van der Waals surface area contributed by atoms with Gasteiger partial charge in [-0.05, 0) is 60.9 Å². The number of halogens is 1. The van der Waals surface area contributed by atoms with Crippen LogP contribution in [-0.2, 0) is 16.2 Å². The number of nitrogens with zero attached hydrogens (tertiary/aromatic N) is 3. The van der Waals surface area contributed by atoms with Crippen molar-refractivity contribution in [1.29, 1.82) is 5.26 Å². The smallest absolute Gasteiger partial charge is 0.294 e. The molecular formula is C26H24BrN3O5S. The van der Waals surface area contributed by atoms with E-state index in [0.29, 0.717) is 40.2 Å². The maximum absolute atomic E-state index is 12.9. The number of benzene rings is 2. The molecule has 0 saturated carbocycles. The molecule has 10 heteroatoms. The molecule has 2 heterocycles. The van der Waals surface area contributed by atoms with Crippen LogP contribution in [0.1, 0.15) is 36.0 Å². The minimum absolute atomic E-state index is 0.176. The molecule has 186 valence electrons. The van der Waals surface area contributed by atoms with E-state index in [1.807, 2.05) is 12.1 Å². The summed E-state index contributed by atoms with van der Waals surface area (Å²) in [5.74, 6) is 0.183. The van der Waals surface area contributed by atoms with E-state index >= 15 is 0 Å². The third kappa shape index (κ3) is 5.74. The van der Waals surface area contributed by atoms with E-state index < -0.39 is 11.1 Å². The van der Waals surface area contributed by atoms with Gasteiger partial charge in [-0.25, -0.2) is 0 Å². The first kappa shape index (κ1) is 25.8. The highest BCUT2D eigenvalue weighted by atomic mass is 79.9. The predicted molar refractivity (Wildman–Crippen MR) is 139 cm³/mol. The van der Waals surface area contributed by atoms with E-state index in [2.05, 4.69) is 22.0 Å². The van der Waals surface area contributed by atoms with Crippen molar-refractivity contribution in [3.05, 3.63) is 62.5 Å². The van der Waals surface area contributed by atoms with Crippen LogP contribution in [0.5, 0.6) is 11.5 Å². The van der Waals surface area contributed by atoms with Crippen molar-refractivity contribution in [2.45, 2.75) is 25.9 Å². The molecule has 0 bridgehead atoms. The van der Waals surface area contributed by atoms with Crippen LogP contribution in [0.2, 0.25) is 0 Å². The molecule has 0 aromatic heterocycles. The van der Waals surface area contributed by atoms with Crippen molar-refractivity contribution < 1.29 is 23.9 Å². The van der Waals surface area contributed by atoms with Crippen LogP contribution in [0.3, 0.4) is 0 Å². The Morgan fingerprint density at radius 3 is 2.64 bits per heavy atom. The van der Waals surface area contributed by atoms with Crippen molar-refractivity contribution in [2.24, 2.45) is 0 Å². The number of hydrogen-bond acceptors (Lipinski definition) is 7. The summed E-state index contributed by atoms with van der Waals surface area (Å²) in [6.45, 7) is 1.25. The van der Waals surface area contributed by atoms with Gasteiger partial charge in [-0.15, -0.1) is 0 Å². The number of carbonyl (C=O) groups excluding carboxylic acids is 3. The van der Waals surface area contributed by atoms with Crippen LogP contribution in [0.25, 0.3) is 6.08 Å². The van der Waals surface area contributed by atoms with E-state index in [1.54, 1.807) is 35.2 Å². The first-order valence-electron chi connectivity index (χ1n) is 11.4. The number of imide groups is 1. The number of carbonyl (C=O) groups is 3. The van der Waals surface area contributed by atoms with Crippen LogP contribution in [0, 0.1) is 11.3 Å². The van der Waals surface area contributed by atoms with Gasteiger partial charge in [0.1, 0.15) is 13.2 Å². The molecule has 3 amide bonds. The normalized spacial score (nSPS) is 16.9. The van der Waals surface area contributed by atoms with E-state index in [-0.39, 0.29) is 24.0 Å². The maximum atomic E-state index is 12.9. The summed E-state index contributed by atoms with van der Waals surface area (Å²) in [5, 5.41) is 8.82. The van der Waals surface area contributed by atoms with Gasteiger partial charge in [0.25, 0.3) is 11.1 Å². The first-order valence-corrected chi connectivity index (χ1v) is 13.0. The highest BCUT2D eigenvalue weighted by Gasteiger charge is 2.37. The molecule has 2 aliphatic rings. The van der Waals surface area contributed by atoms with Gasteiger partial charge in [0.05, 0.1) is 23.6 Å². The van der Waals surface area contributed by atoms with E-state index in [0.717, 1.165) is 41.5 Å². The zero-order chi connectivity index (χ0) is 25.7. The summed E-state index contributed by atoms with van der Waals surface area (Å²) in [5.41, 5.74) is 1.89. The van der Waals surface area contributed by atoms with Crippen molar-refractivity contribution >= 4 is 50.8 Å². The van der Waals surface area contributed by atoms with Crippen LogP contribution < -0.4 is 9.47 Å². The Bertz CT molecular complexity index is 1270. The number of nitriles is 1. The minimum atomic E-state index is -0.491. The molecule has 0 N–H and O–H groups in total. The number of rotatable bonds is 7. The van der Waals surface area contributed by atoms with Gasteiger partial charge < -0.3 is 14.4 Å².